The fourth-order valence-corrected chi connectivity index (χ4v) is 2.26. The maximum Gasteiger partial charge on any atom is 0.0464 e. The van der Waals surface area contributed by atoms with Crippen molar-refractivity contribution in [2.24, 2.45) is 5.73 Å². The predicted molar refractivity (Wildman–Crippen MR) is 76.6 cm³/mol. The molecule has 0 aliphatic heterocycles. The quantitative estimate of drug-likeness (QED) is 0.716. The summed E-state index contributed by atoms with van der Waals surface area (Å²) in [7, 11) is 0. The van der Waals surface area contributed by atoms with E-state index < -0.39 is 0 Å². The molecule has 0 unspecified atom stereocenters. The van der Waals surface area contributed by atoms with Gasteiger partial charge in [-0.1, -0.05) is 35.9 Å². The van der Waals surface area contributed by atoms with E-state index in [9.17, 15) is 0 Å². The van der Waals surface area contributed by atoms with Crippen LogP contribution in [0.1, 0.15) is 5.56 Å². The van der Waals surface area contributed by atoms with Crippen molar-refractivity contribution in [1.82, 2.24) is 4.98 Å². The van der Waals surface area contributed by atoms with Crippen LogP contribution in [0, 0.1) is 0 Å². The van der Waals surface area contributed by atoms with Gasteiger partial charge in [-0.05, 0) is 35.4 Å². The molecule has 0 spiro atoms. The first-order valence-corrected chi connectivity index (χ1v) is 6.22. The van der Waals surface area contributed by atoms with Crippen LogP contribution in [0.25, 0.3) is 22.2 Å². The van der Waals surface area contributed by atoms with Crippen LogP contribution in [0.3, 0.4) is 0 Å². The Kier molecular flexibility index (Phi) is 2.82. The summed E-state index contributed by atoms with van der Waals surface area (Å²) in [4.78, 5) is 3.39. The Hall–Kier alpha value is -1.77. The maximum absolute atomic E-state index is 5.99. The van der Waals surface area contributed by atoms with Crippen LogP contribution in [-0.4, -0.2) is 4.98 Å². The summed E-state index contributed by atoms with van der Waals surface area (Å²) >= 11 is 5.99. The fraction of sp³-hybridized carbons (Fsp3) is 0.0667. The SMILES string of the molecule is NCc1ccc(-c2cc3cc(Cl)ccc3[nH]2)cc1. The summed E-state index contributed by atoms with van der Waals surface area (Å²) in [5.74, 6) is 0. The monoisotopic (exact) mass is 256 g/mol. The lowest BCUT2D eigenvalue weighted by atomic mass is 10.1. The largest absolute Gasteiger partial charge is 0.355 e. The van der Waals surface area contributed by atoms with Crippen LogP contribution < -0.4 is 5.73 Å². The topological polar surface area (TPSA) is 41.8 Å². The van der Waals surface area contributed by atoms with Crippen molar-refractivity contribution in [3.8, 4) is 11.3 Å². The highest BCUT2D eigenvalue weighted by Gasteiger charge is 2.03. The van der Waals surface area contributed by atoms with E-state index in [1.807, 2.05) is 30.3 Å². The molecule has 0 bridgehead atoms. The zero-order chi connectivity index (χ0) is 12.5. The second kappa shape index (κ2) is 4.48. The number of nitrogens with two attached hydrogens (primary N) is 1. The van der Waals surface area contributed by atoms with Gasteiger partial charge < -0.3 is 10.7 Å². The van der Waals surface area contributed by atoms with Gasteiger partial charge in [0.2, 0.25) is 0 Å². The highest BCUT2D eigenvalue weighted by molar-refractivity contribution is 6.31. The molecule has 90 valence electrons. The van der Waals surface area contributed by atoms with Gasteiger partial charge in [-0.15, -0.1) is 0 Å². The van der Waals surface area contributed by atoms with Gasteiger partial charge in [0.25, 0.3) is 0 Å². The van der Waals surface area contributed by atoms with Crippen LogP contribution in [0.4, 0.5) is 0 Å². The highest BCUT2D eigenvalue weighted by Crippen LogP contribution is 2.26. The predicted octanol–water partition coefficient (Wildman–Crippen LogP) is 3.95. The van der Waals surface area contributed by atoms with E-state index in [1.165, 1.54) is 0 Å². The minimum atomic E-state index is 0.572. The molecular formula is C15H13ClN2. The number of hydrogen-bond acceptors (Lipinski definition) is 1. The molecule has 0 aliphatic carbocycles. The molecule has 0 atom stereocenters. The summed E-state index contributed by atoms with van der Waals surface area (Å²) < 4.78 is 0. The molecule has 0 saturated heterocycles. The molecule has 3 aromatic rings. The van der Waals surface area contributed by atoms with Crippen LogP contribution in [-0.2, 0) is 6.54 Å². The van der Waals surface area contributed by atoms with Crippen LogP contribution in [0.2, 0.25) is 5.02 Å². The number of halogens is 1. The van der Waals surface area contributed by atoms with E-state index >= 15 is 0 Å². The standard InChI is InChI=1S/C15H13ClN2/c16-13-5-6-14-12(7-13)8-15(18-14)11-3-1-10(9-17)2-4-11/h1-8,18H,9,17H2. The van der Waals surface area contributed by atoms with Gasteiger partial charge in [-0.3, -0.25) is 0 Å². The first kappa shape index (κ1) is 11.3. The lowest BCUT2D eigenvalue weighted by Gasteiger charge is -1.99. The summed E-state index contributed by atoms with van der Waals surface area (Å²) in [6, 6.07) is 16.2. The third kappa shape index (κ3) is 2.01. The number of aromatic amines is 1. The summed E-state index contributed by atoms with van der Waals surface area (Å²) in [5, 5.41) is 1.88. The minimum absolute atomic E-state index is 0.572. The lowest BCUT2D eigenvalue weighted by molar-refractivity contribution is 1.07. The number of hydrogen-bond donors (Lipinski definition) is 2. The molecule has 0 aliphatic rings. The van der Waals surface area contributed by atoms with Crippen molar-refractivity contribution in [3.63, 3.8) is 0 Å². The first-order chi connectivity index (χ1) is 8.76. The molecule has 1 heterocycles. The third-order valence-corrected chi connectivity index (χ3v) is 3.32. The molecule has 0 radical (unpaired) electrons. The van der Waals surface area contributed by atoms with Crippen molar-refractivity contribution in [2.45, 2.75) is 6.54 Å². The van der Waals surface area contributed by atoms with Gasteiger partial charge in [-0.25, -0.2) is 0 Å². The smallest absolute Gasteiger partial charge is 0.0464 e. The lowest BCUT2D eigenvalue weighted by Crippen LogP contribution is -1.95. The molecule has 0 fully saturated rings. The molecule has 2 aromatic carbocycles. The van der Waals surface area contributed by atoms with E-state index in [2.05, 4.69) is 23.2 Å². The zero-order valence-corrected chi connectivity index (χ0v) is 10.5. The van der Waals surface area contributed by atoms with Crippen LogP contribution >= 0.6 is 11.6 Å². The van der Waals surface area contributed by atoms with Crippen LogP contribution in [0.5, 0.6) is 0 Å². The minimum Gasteiger partial charge on any atom is -0.355 e. The summed E-state index contributed by atoms with van der Waals surface area (Å²) in [5.41, 5.74) is 10.1. The number of rotatable bonds is 2. The number of fused-ring (bicyclic) bond motifs is 1. The Morgan fingerprint density at radius 2 is 1.78 bits per heavy atom. The molecule has 18 heavy (non-hydrogen) atoms. The van der Waals surface area contributed by atoms with Gasteiger partial charge in [0.05, 0.1) is 0 Å². The Bertz CT molecular complexity index is 683. The molecular weight excluding hydrogens is 244 g/mol. The molecule has 1 aromatic heterocycles. The Morgan fingerprint density at radius 3 is 2.50 bits per heavy atom. The number of aromatic nitrogens is 1. The third-order valence-electron chi connectivity index (χ3n) is 3.08. The van der Waals surface area contributed by atoms with Gasteiger partial charge in [0.15, 0.2) is 0 Å². The molecule has 2 nitrogen and oxygen atoms in total. The Balaban J connectivity index is 2.07. The second-order valence-corrected chi connectivity index (χ2v) is 4.75. The molecule has 3 N–H and O–H groups in total. The second-order valence-electron chi connectivity index (χ2n) is 4.32. The number of benzene rings is 2. The van der Waals surface area contributed by atoms with Crippen molar-refractivity contribution < 1.29 is 0 Å². The average molecular weight is 257 g/mol. The van der Waals surface area contributed by atoms with E-state index in [1.54, 1.807) is 0 Å². The van der Waals surface area contributed by atoms with Gasteiger partial charge in [0.1, 0.15) is 0 Å². The van der Waals surface area contributed by atoms with Crippen molar-refractivity contribution in [1.29, 1.82) is 0 Å². The number of nitrogens with one attached hydrogen (secondary N) is 1. The number of H-pyrrole nitrogens is 1. The van der Waals surface area contributed by atoms with Crippen molar-refractivity contribution in [2.75, 3.05) is 0 Å². The van der Waals surface area contributed by atoms with E-state index in [0.717, 1.165) is 32.7 Å². The van der Waals surface area contributed by atoms with Crippen LogP contribution in [0.15, 0.2) is 48.5 Å². The fourth-order valence-electron chi connectivity index (χ4n) is 2.08. The van der Waals surface area contributed by atoms with Gasteiger partial charge in [0, 0.05) is 28.2 Å². The average Bonchev–Trinajstić information content (AvgIpc) is 2.81. The van der Waals surface area contributed by atoms with Gasteiger partial charge >= 0.3 is 0 Å². The van der Waals surface area contributed by atoms with Crippen molar-refractivity contribution >= 4 is 22.5 Å². The summed E-state index contributed by atoms with van der Waals surface area (Å²) in [6.45, 7) is 0.572. The Morgan fingerprint density at radius 1 is 1.00 bits per heavy atom. The molecule has 0 saturated carbocycles. The molecule has 3 heteroatoms. The van der Waals surface area contributed by atoms with Gasteiger partial charge in [-0.2, -0.15) is 0 Å². The van der Waals surface area contributed by atoms with Crippen molar-refractivity contribution in [3.05, 3.63) is 59.1 Å². The first-order valence-electron chi connectivity index (χ1n) is 5.84. The molecule has 0 amide bonds. The summed E-state index contributed by atoms with van der Waals surface area (Å²) in [6.07, 6.45) is 0. The Labute approximate surface area is 110 Å². The van der Waals surface area contributed by atoms with E-state index in [-0.39, 0.29) is 0 Å². The van der Waals surface area contributed by atoms with E-state index in [0.29, 0.717) is 6.54 Å². The normalized spacial score (nSPS) is 11.0. The zero-order valence-electron chi connectivity index (χ0n) is 9.78. The van der Waals surface area contributed by atoms with E-state index in [4.69, 9.17) is 17.3 Å². The molecule has 3 rings (SSSR count). The maximum atomic E-state index is 5.99. The highest BCUT2D eigenvalue weighted by atomic mass is 35.5.